The van der Waals surface area contributed by atoms with E-state index < -0.39 is 0 Å². The highest BCUT2D eigenvalue weighted by atomic mass is 16.5. The smallest absolute Gasteiger partial charge is 0.310 e. The summed E-state index contributed by atoms with van der Waals surface area (Å²) in [6.45, 7) is 1.78. The summed E-state index contributed by atoms with van der Waals surface area (Å²) in [5, 5.41) is 0. The van der Waals surface area contributed by atoms with Crippen molar-refractivity contribution in [2.75, 3.05) is 26.9 Å². The van der Waals surface area contributed by atoms with Crippen molar-refractivity contribution in [1.82, 2.24) is 0 Å². The molecular weight excluding hydrogens is 170 g/mol. The minimum Gasteiger partial charge on any atom is -0.469 e. The van der Waals surface area contributed by atoms with Crippen LogP contribution in [0.5, 0.6) is 0 Å². The Balaban J connectivity index is 2.48. The van der Waals surface area contributed by atoms with Gasteiger partial charge in [-0.05, 0) is 18.8 Å². The second-order valence-electron chi connectivity index (χ2n) is 3.34. The molecule has 0 aromatic heterocycles. The highest BCUT2D eigenvalue weighted by molar-refractivity contribution is 5.72. The van der Waals surface area contributed by atoms with Crippen molar-refractivity contribution in [3.05, 3.63) is 0 Å². The Kier molecular flexibility index (Phi) is 4.18. The molecule has 1 rings (SSSR count). The third-order valence-electron chi connectivity index (χ3n) is 2.52. The molecule has 2 atom stereocenters. The maximum atomic E-state index is 11.3. The second kappa shape index (κ2) is 5.19. The van der Waals surface area contributed by atoms with Gasteiger partial charge in [-0.1, -0.05) is 0 Å². The van der Waals surface area contributed by atoms with E-state index in [4.69, 9.17) is 10.5 Å². The van der Waals surface area contributed by atoms with E-state index in [1.807, 2.05) is 0 Å². The van der Waals surface area contributed by atoms with Crippen LogP contribution in [-0.2, 0) is 14.3 Å². The molecule has 1 heterocycles. The summed E-state index contributed by atoms with van der Waals surface area (Å²) in [6.07, 6.45) is 2.02. The zero-order valence-electron chi connectivity index (χ0n) is 7.99. The van der Waals surface area contributed by atoms with Gasteiger partial charge in [-0.3, -0.25) is 4.79 Å². The van der Waals surface area contributed by atoms with Gasteiger partial charge in [-0.15, -0.1) is 0 Å². The van der Waals surface area contributed by atoms with Crippen molar-refractivity contribution in [2.45, 2.75) is 12.8 Å². The summed E-state index contributed by atoms with van der Waals surface area (Å²) in [7, 11) is 1.40. The summed E-state index contributed by atoms with van der Waals surface area (Å²) in [6, 6.07) is 0. The van der Waals surface area contributed by atoms with E-state index in [1.165, 1.54) is 7.11 Å². The van der Waals surface area contributed by atoms with Gasteiger partial charge in [0.25, 0.3) is 0 Å². The van der Waals surface area contributed by atoms with Crippen LogP contribution in [0.15, 0.2) is 0 Å². The predicted molar refractivity (Wildman–Crippen MR) is 48.1 cm³/mol. The Morgan fingerprint density at radius 3 is 3.00 bits per heavy atom. The molecule has 0 aliphatic carbocycles. The lowest BCUT2D eigenvalue weighted by atomic mass is 9.88. The number of esters is 1. The van der Waals surface area contributed by atoms with E-state index in [2.05, 4.69) is 4.74 Å². The fourth-order valence-electron chi connectivity index (χ4n) is 1.72. The molecule has 0 aromatic carbocycles. The van der Waals surface area contributed by atoms with Crippen LogP contribution < -0.4 is 5.73 Å². The van der Waals surface area contributed by atoms with Crippen molar-refractivity contribution in [3.8, 4) is 0 Å². The number of nitrogens with two attached hydrogens (primary N) is 1. The van der Waals surface area contributed by atoms with E-state index in [1.54, 1.807) is 0 Å². The quantitative estimate of drug-likeness (QED) is 0.639. The molecule has 0 aromatic rings. The lowest BCUT2D eigenvalue weighted by molar-refractivity contribution is -0.148. The third kappa shape index (κ3) is 2.67. The fraction of sp³-hybridized carbons (Fsp3) is 0.889. The maximum absolute atomic E-state index is 11.3. The largest absolute Gasteiger partial charge is 0.469 e. The molecule has 1 aliphatic heterocycles. The number of hydrogen-bond donors (Lipinski definition) is 1. The summed E-state index contributed by atoms with van der Waals surface area (Å²) >= 11 is 0. The average Bonchev–Trinajstić information content (AvgIpc) is 2.20. The minimum absolute atomic E-state index is 0.190. The van der Waals surface area contributed by atoms with Crippen LogP contribution in [-0.4, -0.2) is 32.8 Å². The molecule has 1 saturated heterocycles. The van der Waals surface area contributed by atoms with Gasteiger partial charge in [0, 0.05) is 13.2 Å². The number of rotatable bonds is 3. The van der Waals surface area contributed by atoms with Crippen LogP contribution in [0, 0.1) is 11.8 Å². The van der Waals surface area contributed by atoms with E-state index in [9.17, 15) is 4.79 Å². The van der Waals surface area contributed by atoms with Crippen LogP contribution >= 0.6 is 0 Å². The molecule has 2 unspecified atom stereocenters. The highest BCUT2D eigenvalue weighted by Gasteiger charge is 2.29. The summed E-state index contributed by atoms with van der Waals surface area (Å²) in [5.74, 6) is -0.158. The first-order valence-electron chi connectivity index (χ1n) is 4.65. The Bertz CT molecular complexity index is 166. The van der Waals surface area contributed by atoms with Gasteiger partial charge in [-0.2, -0.15) is 0 Å². The summed E-state index contributed by atoms with van der Waals surface area (Å²) < 4.78 is 9.98. The first-order chi connectivity index (χ1) is 6.29. The maximum Gasteiger partial charge on any atom is 0.310 e. The molecule has 0 bridgehead atoms. The summed E-state index contributed by atoms with van der Waals surface area (Å²) in [4.78, 5) is 11.3. The molecule has 13 heavy (non-hydrogen) atoms. The van der Waals surface area contributed by atoms with Crippen molar-refractivity contribution < 1.29 is 14.3 Å². The molecule has 4 heteroatoms. The van der Waals surface area contributed by atoms with Crippen molar-refractivity contribution in [2.24, 2.45) is 17.6 Å². The molecule has 0 saturated carbocycles. The van der Waals surface area contributed by atoms with Crippen LogP contribution in [0.25, 0.3) is 0 Å². The number of ether oxygens (including phenoxy) is 2. The van der Waals surface area contributed by atoms with Gasteiger partial charge in [0.05, 0.1) is 19.6 Å². The highest BCUT2D eigenvalue weighted by Crippen LogP contribution is 2.22. The van der Waals surface area contributed by atoms with Gasteiger partial charge in [0.2, 0.25) is 0 Å². The molecule has 4 nitrogen and oxygen atoms in total. The third-order valence-corrected chi connectivity index (χ3v) is 2.52. The zero-order chi connectivity index (χ0) is 9.68. The molecule has 76 valence electrons. The molecule has 2 N–H and O–H groups in total. The number of hydrogen-bond acceptors (Lipinski definition) is 4. The molecule has 1 aliphatic rings. The Labute approximate surface area is 78.4 Å². The van der Waals surface area contributed by atoms with Gasteiger partial charge >= 0.3 is 5.97 Å². The number of carbonyl (C=O) groups is 1. The zero-order valence-corrected chi connectivity index (χ0v) is 7.99. The Morgan fingerprint density at radius 2 is 2.54 bits per heavy atom. The second-order valence-corrected chi connectivity index (χ2v) is 3.34. The fourth-order valence-corrected chi connectivity index (χ4v) is 1.72. The van der Waals surface area contributed by atoms with Crippen molar-refractivity contribution in [1.29, 1.82) is 0 Å². The predicted octanol–water partition coefficient (Wildman–Crippen LogP) is 0.161. The molecular formula is C9H17NO3. The lowest BCUT2D eigenvalue weighted by Crippen LogP contribution is -2.36. The average molecular weight is 187 g/mol. The monoisotopic (exact) mass is 187 g/mol. The first kappa shape index (κ1) is 10.5. The van der Waals surface area contributed by atoms with Crippen LogP contribution in [0.4, 0.5) is 0 Å². The SMILES string of the molecule is COC(=O)C(CN)C1CCCOC1. The normalized spacial score (nSPS) is 25.2. The van der Waals surface area contributed by atoms with Gasteiger partial charge in [0.15, 0.2) is 0 Å². The van der Waals surface area contributed by atoms with Gasteiger partial charge in [-0.25, -0.2) is 0 Å². The first-order valence-corrected chi connectivity index (χ1v) is 4.65. The standard InChI is InChI=1S/C9H17NO3/c1-12-9(11)8(5-10)7-3-2-4-13-6-7/h7-8H,2-6,10H2,1H3. The minimum atomic E-state index is -0.210. The summed E-state index contributed by atoms with van der Waals surface area (Å²) in [5.41, 5.74) is 5.52. The topological polar surface area (TPSA) is 61.5 Å². The molecule has 0 amide bonds. The molecule has 1 fully saturated rings. The lowest BCUT2D eigenvalue weighted by Gasteiger charge is -2.27. The van der Waals surface area contributed by atoms with Crippen molar-refractivity contribution >= 4 is 5.97 Å². The van der Waals surface area contributed by atoms with E-state index in [0.717, 1.165) is 19.4 Å². The number of methoxy groups -OCH3 is 1. The van der Waals surface area contributed by atoms with E-state index in [-0.39, 0.29) is 17.8 Å². The number of carbonyl (C=O) groups excluding carboxylic acids is 1. The van der Waals surface area contributed by atoms with Crippen LogP contribution in [0.1, 0.15) is 12.8 Å². The van der Waals surface area contributed by atoms with Crippen molar-refractivity contribution in [3.63, 3.8) is 0 Å². The Morgan fingerprint density at radius 1 is 1.77 bits per heavy atom. The van der Waals surface area contributed by atoms with Crippen LogP contribution in [0.2, 0.25) is 0 Å². The van der Waals surface area contributed by atoms with Gasteiger partial charge < -0.3 is 15.2 Å². The molecule has 0 spiro atoms. The van der Waals surface area contributed by atoms with Gasteiger partial charge in [0.1, 0.15) is 0 Å². The van der Waals surface area contributed by atoms with Crippen LogP contribution in [0.3, 0.4) is 0 Å². The Hall–Kier alpha value is -0.610. The van der Waals surface area contributed by atoms with E-state index >= 15 is 0 Å². The van der Waals surface area contributed by atoms with E-state index in [0.29, 0.717) is 13.2 Å². The molecule has 0 radical (unpaired) electrons.